The molecule has 0 atom stereocenters. The summed E-state index contributed by atoms with van der Waals surface area (Å²) in [6.45, 7) is 14.3. The molecule has 4 nitrogen and oxygen atoms in total. The van der Waals surface area contributed by atoms with Crippen molar-refractivity contribution in [3.8, 4) is 0 Å². The van der Waals surface area contributed by atoms with E-state index in [1.54, 1.807) is 0 Å². The van der Waals surface area contributed by atoms with Crippen LogP contribution in [-0.2, 0) is 33.0 Å². The molecule has 0 heterocycles. The van der Waals surface area contributed by atoms with Gasteiger partial charge in [-0.3, -0.25) is 0 Å². The van der Waals surface area contributed by atoms with E-state index in [9.17, 15) is 0 Å². The summed E-state index contributed by atoms with van der Waals surface area (Å²) < 4.78 is 29.5. The van der Waals surface area contributed by atoms with E-state index in [2.05, 4.69) is 41.5 Å². The second-order valence-corrected chi connectivity index (χ2v) is 23.2. The Kier molecular flexibility index (Phi) is 13.7. The van der Waals surface area contributed by atoms with Gasteiger partial charge in [0, 0.05) is 0 Å². The second-order valence-electron chi connectivity index (χ2n) is 13.7. The maximum atomic E-state index is 7.75. The molecule has 0 bridgehead atoms. The molecule has 6 heteroatoms. The summed E-state index contributed by atoms with van der Waals surface area (Å²) in [5.74, 6) is 1.87. The first-order valence-corrected chi connectivity index (χ1v) is 22.5. The Hall–Kier alpha value is 0.940. The number of rotatable bonds is 14. The zero-order valence-corrected chi connectivity index (χ0v) is 28.3. The summed E-state index contributed by atoms with van der Waals surface area (Å²) in [4.78, 5) is 0. The van der Waals surface area contributed by atoms with Crippen LogP contribution in [0.1, 0.15) is 138 Å². The Bertz CT molecular complexity index is 519. The third-order valence-electron chi connectivity index (χ3n) is 8.27. The SMILES string of the molecule is CC(C)C[Si](CC(C)C)(CC(C)C)[O][Zr]([O]C1CCCCC1)([O]C1CCCCC1)[O]C1CCCCC1. The monoisotopic (exact) mass is 602 g/mol. The van der Waals surface area contributed by atoms with Crippen molar-refractivity contribution in [2.45, 2.75) is 174 Å². The zero-order chi connectivity index (χ0) is 26.0. The van der Waals surface area contributed by atoms with E-state index in [-0.39, 0.29) is 18.3 Å². The van der Waals surface area contributed by atoms with Gasteiger partial charge in [-0.15, -0.1) is 0 Å². The van der Waals surface area contributed by atoms with Crippen LogP contribution in [0, 0.1) is 17.8 Å². The van der Waals surface area contributed by atoms with Crippen molar-refractivity contribution in [2.75, 3.05) is 0 Å². The van der Waals surface area contributed by atoms with Crippen LogP contribution in [0.4, 0.5) is 0 Å². The summed E-state index contributed by atoms with van der Waals surface area (Å²) in [7, 11) is -2.16. The fourth-order valence-corrected chi connectivity index (χ4v) is 25.1. The van der Waals surface area contributed by atoms with Gasteiger partial charge in [0.2, 0.25) is 0 Å². The summed E-state index contributed by atoms with van der Waals surface area (Å²) in [6.07, 6.45) is 19.3. The van der Waals surface area contributed by atoms with Crippen LogP contribution >= 0.6 is 0 Å². The number of hydrogen-bond donors (Lipinski definition) is 0. The van der Waals surface area contributed by atoms with E-state index in [4.69, 9.17) is 10.9 Å². The minimum absolute atomic E-state index is 0.269. The zero-order valence-electron chi connectivity index (χ0n) is 24.8. The molecule has 0 spiro atoms. The summed E-state index contributed by atoms with van der Waals surface area (Å²) in [6, 6.07) is 3.58. The molecule has 3 aliphatic rings. The molecule has 3 fully saturated rings. The van der Waals surface area contributed by atoms with Gasteiger partial charge >= 0.3 is 233 Å². The van der Waals surface area contributed by atoms with Crippen molar-refractivity contribution >= 4 is 8.32 Å². The van der Waals surface area contributed by atoms with Crippen LogP contribution in [-0.4, -0.2) is 26.6 Å². The van der Waals surface area contributed by atoms with Gasteiger partial charge in [-0.2, -0.15) is 0 Å². The summed E-state index contributed by atoms with van der Waals surface area (Å²) >= 11 is -4.36. The van der Waals surface area contributed by atoms with Gasteiger partial charge in [-0.05, 0) is 0 Å². The third kappa shape index (κ3) is 10.8. The Labute approximate surface area is 232 Å². The predicted octanol–water partition coefficient (Wildman–Crippen LogP) is 9.78. The van der Waals surface area contributed by atoms with Crippen molar-refractivity contribution in [3.05, 3.63) is 0 Å². The van der Waals surface area contributed by atoms with Gasteiger partial charge in [0.05, 0.1) is 0 Å². The summed E-state index contributed by atoms with van der Waals surface area (Å²) in [5.41, 5.74) is 0. The Morgan fingerprint density at radius 2 is 0.778 bits per heavy atom. The molecule has 0 aromatic heterocycles. The molecule has 212 valence electrons. The van der Waals surface area contributed by atoms with Crippen LogP contribution in [0.2, 0.25) is 18.1 Å². The minimum atomic E-state index is -4.36. The molecule has 0 radical (unpaired) electrons. The van der Waals surface area contributed by atoms with Crippen molar-refractivity contribution < 1.29 is 33.0 Å². The van der Waals surface area contributed by atoms with E-state index >= 15 is 0 Å². The second kappa shape index (κ2) is 15.7. The first-order chi connectivity index (χ1) is 17.2. The first kappa shape index (κ1) is 31.5. The molecule has 0 aromatic rings. The van der Waals surface area contributed by atoms with Crippen LogP contribution in [0.15, 0.2) is 0 Å². The van der Waals surface area contributed by atoms with Gasteiger partial charge < -0.3 is 0 Å². The molecular formula is C30H60O4SiZr. The van der Waals surface area contributed by atoms with Gasteiger partial charge in [0.15, 0.2) is 0 Å². The first-order valence-electron chi connectivity index (χ1n) is 15.9. The molecular weight excluding hydrogens is 544 g/mol. The van der Waals surface area contributed by atoms with E-state index in [1.807, 2.05) is 0 Å². The summed E-state index contributed by atoms with van der Waals surface area (Å²) in [5, 5.41) is 0. The van der Waals surface area contributed by atoms with Crippen molar-refractivity contribution in [1.82, 2.24) is 0 Å². The fourth-order valence-electron chi connectivity index (χ4n) is 7.19. The van der Waals surface area contributed by atoms with Crippen molar-refractivity contribution in [1.29, 1.82) is 0 Å². The average molecular weight is 604 g/mol. The normalized spacial score (nSPS) is 22.2. The molecule has 0 amide bonds. The van der Waals surface area contributed by atoms with E-state index in [0.29, 0.717) is 17.8 Å². The molecule has 36 heavy (non-hydrogen) atoms. The Balaban J connectivity index is 1.99. The van der Waals surface area contributed by atoms with Gasteiger partial charge in [-0.1, -0.05) is 0 Å². The van der Waals surface area contributed by atoms with Gasteiger partial charge in [-0.25, -0.2) is 0 Å². The average Bonchev–Trinajstić information content (AvgIpc) is 2.79. The Morgan fingerprint density at radius 3 is 1.03 bits per heavy atom. The van der Waals surface area contributed by atoms with Crippen LogP contribution in [0.5, 0.6) is 0 Å². The van der Waals surface area contributed by atoms with E-state index < -0.39 is 30.3 Å². The topological polar surface area (TPSA) is 36.9 Å². The molecule has 0 saturated heterocycles. The molecule has 0 N–H and O–H groups in total. The molecule has 0 unspecified atom stereocenters. The maximum absolute atomic E-state index is 7.75. The third-order valence-corrected chi connectivity index (χ3v) is 23.3. The van der Waals surface area contributed by atoms with Crippen molar-refractivity contribution in [3.63, 3.8) is 0 Å². The van der Waals surface area contributed by atoms with Gasteiger partial charge in [0.25, 0.3) is 0 Å². The molecule has 3 rings (SSSR count). The van der Waals surface area contributed by atoms with E-state index in [0.717, 1.165) is 38.5 Å². The molecule has 0 aromatic carbocycles. The predicted molar refractivity (Wildman–Crippen MR) is 150 cm³/mol. The molecule has 3 aliphatic carbocycles. The van der Waals surface area contributed by atoms with E-state index in [1.165, 1.54) is 75.9 Å². The van der Waals surface area contributed by atoms with Crippen LogP contribution in [0.3, 0.4) is 0 Å². The quantitative estimate of drug-likeness (QED) is 0.185. The van der Waals surface area contributed by atoms with Crippen molar-refractivity contribution in [2.24, 2.45) is 17.8 Å². The molecule has 0 aliphatic heterocycles. The molecule has 3 saturated carbocycles. The van der Waals surface area contributed by atoms with Gasteiger partial charge in [0.1, 0.15) is 0 Å². The number of hydrogen-bond acceptors (Lipinski definition) is 4. The Morgan fingerprint density at radius 1 is 0.500 bits per heavy atom. The van der Waals surface area contributed by atoms with Crippen LogP contribution < -0.4 is 0 Å². The van der Waals surface area contributed by atoms with Crippen LogP contribution in [0.25, 0.3) is 0 Å². The standard InChI is InChI=1S/C12H27OSi.3C6H11O.Zr/c1-10(2)7-14(13,8-11(3)4)9-12(5)6;3*7-6-4-2-1-3-5-6;/h10-12H,7-9H2,1-6H3;3*6H,1-5H2;/q4*-1;+4. The fraction of sp³-hybridized carbons (Fsp3) is 1.00.